The number of halogens is 2. The summed E-state index contributed by atoms with van der Waals surface area (Å²) in [6, 6.07) is 9.87. The van der Waals surface area contributed by atoms with Gasteiger partial charge < -0.3 is 34.5 Å². The van der Waals surface area contributed by atoms with E-state index < -0.39 is 28.6 Å². The highest BCUT2D eigenvalue weighted by Gasteiger charge is 2.38. The molecular weight excluding hydrogens is 754 g/mol. The van der Waals surface area contributed by atoms with E-state index in [-0.39, 0.29) is 72.3 Å². The summed E-state index contributed by atoms with van der Waals surface area (Å²) >= 11 is 0. The van der Waals surface area contributed by atoms with Crippen molar-refractivity contribution in [3.05, 3.63) is 98.5 Å². The number of aromatic carboxylic acids is 1. The number of anilines is 3. The fraction of sp³-hybridized carbons (Fsp3) is 0.317. The molecule has 5 aromatic rings. The number of piperazine rings is 1. The molecule has 0 saturated carbocycles. The number of benzene rings is 3. The molecule has 4 heterocycles. The van der Waals surface area contributed by atoms with Crippen LogP contribution in [0.5, 0.6) is 17.2 Å². The maximum absolute atomic E-state index is 16.2. The summed E-state index contributed by atoms with van der Waals surface area (Å²) in [6.45, 7) is 6.53. The zero-order valence-corrected chi connectivity index (χ0v) is 32.8. The van der Waals surface area contributed by atoms with Gasteiger partial charge in [0.05, 0.1) is 44.6 Å². The van der Waals surface area contributed by atoms with Crippen LogP contribution < -0.4 is 35.2 Å². The Morgan fingerprint density at radius 2 is 1.78 bits per heavy atom. The van der Waals surface area contributed by atoms with E-state index in [2.05, 4.69) is 15.0 Å². The summed E-state index contributed by atoms with van der Waals surface area (Å²) in [4.78, 5) is 57.4. The van der Waals surface area contributed by atoms with Gasteiger partial charge in [-0.2, -0.15) is 4.98 Å². The zero-order chi connectivity index (χ0) is 41.6. The molecule has 1 fully saturated rings. The summed E-state index contributed by atoms with van der Waals surface area (Å²) in [5, 5.41) is 9.15. The molecular formula is C41H42F2N8O7. The molecule has 0 bridgehead atoms. The van der Waals surface area contributed by atoms with Crippen LogP contribution in [-0.2, 0) is 17.8 Å². The van der Waals surface area contributed by atoms with Gasteiger partial charge in [-0.25, -0.2) is 23.6 Å². The Balaban J connectivity index is 1.12. The van der Waals surface area contributed by atoms with Crippen molar-refractivity contribution in [2.45, 2.75) is 39.8 Å². The number of carbonyl (C=O) groups is 2. The topological polar surface area (TPSA) is 178 Å². The smallest absolute Gasteiger partial charge is 0.341 e. The van der Waals surface area contributed by atoms with Gasteiger partial charge in [-0.1, -0.05) is 11.6 Å². The molecule has 302 valence electrons. The number of nitrogen functional groups attached to an aromatic ring is 1. The van der Waals surface area contributed by atoms with Gasteiger partial charge in [-0.15, -0.1) is 0 Å². The number of hydrogen-bond acceptors (Lipinski definition) is 12. The number of aliphatic imine (C=N–C) groups is 1. The fourth-order valence-electron chi connectivity index (χ4n) is 7.59. The Morgan fingerprint density at radius 1 is 1.05 bits per heavy atom. The minimum absolute atomic E-state index is 0.0119. The van der Waals surface area contributed by atoms with Crippen molar-refractivity contribution < 1.29 is 37.7 Å². The predicted octanol–water partition coefficient (Wildman–Crippen LogP) is 4.93. The van der Waals surface area contributed by atoms with Crippen LogP contribution in [0.2, 0.25) is 0 Å². The van der Waals surface area contributed by atoms with Crippen molar-refractivity contribution >= 4 is 51.6 Å². The predicted molar refractivity (Wildman–Crippen MR) is 214 cm³/mol. The number of carbonyl (C=O) groups excluding carboxylic acids is 1. The first-order valence-corrected chi connectivity index (χ1v) is 18.5. The van der Waals surface area contributed by atoms with Crippen molar-refractivity contribution in [3.8, 4) is 17.2 Å². The lowest BCUT2D eigenvalue weighted by Crippen LogP contribution is -2.56. The highest BCUT2D eigenvalue weighted by Crippen LogP contribution is 2.39. The van der Waals surface area contributed by atoms with Crippen molar-refractivity contribution in [3.63, 3.8) is 0 Å². The Bertz CT molecular complexity index is 2550. The lowest BCUT2D eigenvalue weighted by molar-refractivity contribution is -0.112. The van der Waals surface area contributed by atoms with Crippen LogP contribution in [0.15, 0.2) is 58.6 Å². The van der Waals surface area contributed by atoms with Crippen LogP contribution in [-0.4, -0.2) is 95.8 Å². The molecule has 1 saturated heterocycles. The molecule has 7 rings (SSSR count). The third kappa shape index (κ3) is 7.01. The van der Waals surface area contributed by atoms with Gasteiger partial charge in [0.1, 0.15) is 28.6 Å². The maximum atomic E-state index is 16.2. The van der Waals surface area contributed by atoms with Gasteiger partial charge in [-0.05, 0) is 56.7 Å². The van der Waals surface area contributed by atoms with E-state index in [9.17, 15) is 19.5 Å². The summed E-state index contributed by atoms with van der Waals surface area (Å²) in [6.07, 6.45) is 3.00. The number of aromatic nitrogens is 3. The van der Waals surface area contributed by atoms with E-state index >= 15 is 8.78 Å². The van der Waals surface area contributed by atoms with E-state index in [1.165, 1.54) is 25.9 Å². The standard InChI is InChI=1S/C41H42F2N8O7/c1-7-48-19-27(40(54)55)36(52)26-16-28(42)35(32(43)34(26)48)49-10-11-50(22(3)18-49)20-51-29-9-8-21(2)12-25(29)33(39(51)53)46-41-45-17-24(38(44)47-41)13-23-14-30(56-4)37(58-6)31(15-23)57-5/h8-9,12,14-17,19,22H,7,10-11,13,18,20H2,1-6H3,(H,54,55)(H2,44,45,47). The molecule has 3 N–H and O–H groups in total. The van der Waals surface area contributed by atoms with Crippen LogP contribution in [0.3, 0.4) is 0 Å². The molecule has 0 radical (unpaired) electrons. The van der Waals surface area contributed by atoms with Crippen LogP contribution >= 0.6 is 0 Å². The first-order chi connectivity index (χ1) is 27.8. The molecule has 0 spiro atoms. The minimum Gasteiger partial charge on any atom is -0.493 e. The number of carboxylic acids is 1. The highest BCUT2D eigenvalue weighted by molar-refractivity contribution is 6.54. The highest BCUT2D eigenvalue weighted by atomic mass is 19.1. The van der Waals surface area contributed by atoms with E-state index in [1.54, 1.807) is 22.9 Å². The number of nitrogens with zero attached hydrogens (tertiary/aromatic N) is 7. The lowest BCUT2D eigenvalue weighted by Gasteiger charge is -2.42. The van der Waals surface area contributed by atoms with Crippen molar-refractivity contribution in [1.29, 1.82) is 0 Å². The molecule has 1 amide bonds. The van der Waals surface area contributed by atoms with Crippen LogP contribution in [0.1, 0.15) is 46.5 Å². The van der Waals surface area contributed by atoms with Gasteiger partial charge in [0.2, 0.25) is 11.2 Å². The monoisotopic (exact) mass is 796 g/mol. The number of ether oxygens (including phenoxy) is 3. The zero-order valence-electron chi connectivity index (χ0n) is 32.8. The van der Waals surface area contributed by atoms with Gasteiger partial charge >= 0.3 is 5.97 Å². The molecule has 2 aliphatic heterocycles. The summed E-state index contributed by atoms with van der Waals surface area (Å²) < 4.78 is 49.6. The molecule has 2 aliphatic rings. The van der Waals surface area contributed by atoms with E-state index in [0.717, 1.165) is 23.4 Å². The van der Waals surface area contributed by atoms with Gasteiger partial charge in [0.15, 0.2) is 17.3 Å². The summed E-state index contributed by atoms with van der Waals surface area (Å²) in [7, 11) is 4.59. The second-order valence-electron chi connectivity index (χ2n) is 14.1. The molecule has 17 heteroatoms. The lowest BCUT2D eigenvalue weighted by atomic mass is 10.1. The number of rotatable bonds is 11. The number of aryl methyl sites for hydroxylation is 2. The Kier molecular flexibility index (Phi) is 10.7. The average Bonchev–Trinajstić information content (AvgIpc) is 3.44. The van der Waals surface area contributed by atoms with E-state index in [1.807, 2.05) is 49.1 Å². The molecule has 1 unspecified atom stereocenters. The third-order valence-electron chi connectivity index (χ3n) is 10.6. The quantitative estimate of drug-likeness (QED) is 0.185. The van der Waals surface area contributed by atoms with Crippen molar-refractivity contribution in [1.82, 2.24) is 19.4 Å². The van der Waals surface area contributed by atoms with Gasteiger partial charge in [-0.3, -0.25) is 19.4 Å². The number of hydrogen-bond donors (Lipinski definition) is 2. The number of fused-ring (bicyclic) bond motifs is 2. The molecule has 3 aromatic carbocycles. The SMILES string of the molecule is CCn1cc(C(=O)O)c(=O)c2cc(F)c(N3CCN(CN4C(=O)C(=Nc5ncc(Cc6cc(OC)c(OC)c(OC)c6)c(N)n5)c5cc(C)ccc54)C(C)C3)c(F)c21. The average molecular weight is 797 g/mol. The van der Waals surface area contributed by atoms with Crippen LogP contribution in [0.4, 0.5) is 31.9 Å². The Labute approximate surface area is 331 Å². The van der Waals surface area contributed by atoms with Crippen molar-refractivity contribution in [2.24, 2.45) is 4.99 Å². The number of pyridine rings is 1. The Hall–Kier alpha value is -6.62. The fourth-order valence-corrected chi connectivity index (χ4v) is 7.59. The van der Waals surface area contributed by atoms with Gasteiger partial charge in [0, 0.05) is 62.2 Å². The maximum Gasteiger partial charge on any atom is 0.341 e. The third-order valence-corrected chi connectivity index (χ3v) is 10.6. The summed E-state index contributed by atoms with van der Waals surface area (Å²) in [5.41, 5.74) is 8.16. The largest absolute Gasteiger partial charge is 0.493 e. The minimum atomic E-state index is -1.48. The molecule has 2 aromatic heterocycles. The summed E-state index contributed by atoms with van der Waals surface area (Å²) in [5.74, 6) is -2.12. The molecule has 15 nitrogen and oxygen atoms in total. The number of methoxy groups -OCH3 is 3. The van der Waals surface area contributed by atoms with Crippen LogP contribution in [0.25, 0.3) is 10.9 Å². The number of carboxylic acid groups (broad SMARTS) is 1. The molecule has 0 aliphatic carbocycles. The van der Waals surface area contributed by atoms with Gasteiger partial charge in [0.25, 0.3) is 11.9 Å². The van der Waals surface area contributed by atoms with E-state index in [0.29, 0.717) is 47.0 Å². The molecule has 58 heavy (non-hydrogen) atoms. The van der Waals surface area contributed by atoms with E-state index in [4.69, 9.17) is 19.9 Å². The number of nitrogens with two attached hydrogens (primary N) is 1. The van der Waals surface area contributed by atoms with Crippen LogP contribution in [0, 0.1) is 18.6 Å². The van der Waals surface area contributed by atoms with Crippen molar-refractivity contribution in [2.75, 3.05) is 63.2 Å². The first-order valence-electron chi connectivity index (χ1n) is 18.5. The second-order valence-corrected chi connectivity index (χ2v) is 14.1. The first kappa shape index (κ1) is 39.6. The normalized spacial score (nSPS) is 16.3. The second kappa shape index (κ2) is 15.7. The Morgan fingerprint density at radius 3 is 2.40 bits per heavy atom. The number of amides is 1. The molecule has 1 atom stereocenters.